The molecule has 148 valence electrons. The summed E-state index contributed by atoms with van der Waals surface area (Å²) >= 11 is 6.70. The highest BCUT2D eigenvalue weighted by Gasteiger charge is 2.22. The van der Waals surface area contributed by atoms with Crippen molar-refractivity contribution >= 4 is 39.0 Å². The van der Waals surface area contributed by atoms with Crippen molar-refractivity contribution in [1.29, 1.82) is 0 Å². The molecule has 1 aliphatic carbocycles. The highest BCUT2D eigenvalue weighted by Crippen LogP contribution is 2.36. The van der Waals surface area contributed by atoms with Crippen molar-refractivity contribution in [3.05, 3.63) is 39.6 Å². The summed E-state index contributed by atoms with van der Waals surface area (Å²) in [6, 6.07) is 5.94. The van der Waals surface area contributed by atoms with Crippen LogP contribution in [0, 0.1) is 0 Å². The predicted molar refractivity (Wildman–Crippen MR) is 117 cm³/mol. The Balaban J connectivity index is 1.46. The third kappa shape index (κ3) is 4.21. The summed E-state index contributed by atoms with van der Waals surface area (Å²) in [6.07, 6.45) is 6.13. The van der Waals surface area contributed by atoms with E-state index in [0.29, 0.717) is 11.7 Å². The van der Waals surface area contributed by atoms with E-state index in [0.717, 1.165) is 50.3 Å². The summed E-state index contributed by atoms with van der Waals surface area (Å²) in [5, 5.41) is 12.4. The van der Waals surface area contributed by atoms with Gasteiger partial charge in [-0.15, -0.1) is 21.5 Å². The van der Waals surface area contributed by atoms with Gasteiger partial charge < -0.3 is 10.6 Å². The Kier molecular flexibility index (Phi) is 6.22. The zero-order valence-electron chi connectivity index (χ0n) is 15.6. The van der Waals surface area contributed by atoms with E-state index in [4.69, 9.17) is 15.6 Å². The molecule has 3 aromatic rings. The fourth-order valence-electron chi connectivity index (χ4n) is 3.51. The molecule has 2 aromatic heterocycles. The molecule has 9 heteroatoms. The lowest BCUT2D eigenvalue weighted by Gasteiger charge is -2.20. The molecule has 0 radical (unpaired) electrons. The van der Waals surface area contributed by atoms with Gasteiger partial charge >= 0.3 is 0 Å². The molecule has 0 unspecified atom stereocenters. The highest BCUT2D eigenvalue weighted by atomic mass is 79.9. The Hall–Kier alpha value is -1.58. The number of thioether (sulfide) groups is 1. The van der Waals surface area contributed by atoms with Gasteiger partial charge in [0.2, 0.25) is 5.16 Å². The van der Waals surface area contributed by atoms with Crippen molar-refractivity contribution in [2.24, 2.45) is 0 Å². The number of halogens is 1. The van der Waals surface area contributed by atoms with E-state index >= 15 is 0 Å². The largest absolute Gasteiger partial charge is 0.496 e. The fourth-order valence-corrected chi connectivity index (χ4v) is 5.57. The number of benzene rings is 1. The molecule has 0 aliphatic heterocycles. The molecule has 0 atom stereocenters. The summed E-state index contributed by atoms with van der Waals surface area (Å²) in [4.78, 5) is 4.77. The molecule has 1 aliphatic rings. The van der Waals surface area contributed by atoms with Crippen LogP contribution in [0.2, 0.25) is 0 Å². The quantitative estimate of drug-likeness (QED) is 0.385. The van der Waals surface area contributed by atoms with Crippen LogP contribution in [-0.2, 0) is 5.75 Å². The zero-order valence-corrected chi connectivity index (χ0v) is 18.8. The van der Waals surface area contributed by atoms with Crippen LogP contribution >= 0.6 is 39.0 Å². The van der Waals surface area contributed by atoms with Crippen LogP contribution in [0.4, 0.5) is 0 Å². The van der Waals surface area contributed by atoms with E-state index in [2.05, 4.69) is 31.5 Å². The van der Waals surface area contributed by atoms with Crippen LogP contribution in [0.1, 0.15) is 49.5 Å². The summed E-state index contributed by atoms with van der Waals surface area (Å²) in [7, 11) is 1.68. The van der Waals surface area contributed by atoms with Gasteiger partial charge in [-0.1, -0.05) is 47.0 Å². The first-order valence-electron chi connectivity index (χ1n) is 9.27. The Morgan fingerprint density at radius 2 is 2.11 bits per heavy atom. The number of thiazole rings is 1. The maximum atomic E-state index is 6.28. The monoisotopic (exact) mass is 479 g/mol. The molecule has 1 fully saturated rings. The molecule has 0 saturated heterocycles. The maximum Gasteiger partial charge on any atom is 0.210 e. The van der Waals surface area contributed by atoms with Gasteiger partial charge in [-0.25, -0.2) is 9.66 Å². The van der Waals surface area contributed by atoms with E-state index in [1.807, 2.05) is 18.2 Å². The van der Waals surface area contributed by atoms with Crippen LogP contribution in [0.3, 0.4) is 0 Å². The Labute approximate surface area is 181 Å². The number of nitrogen functional groups attached to an aromatic ring is 1. The third-order valence-electron chi connectivity index (χ3n) is 4.95. The van der Waals surface area contributed by atoms with Crippen LogP contribution in [-0.4, -0.2) is 27.0 Å². The Bertz CT molecular complexity index is 952. The molecule has 0 spiro atoms. The predicted octanol–water partition coefficient (Wildman–Crippen LogP) is 5.23. The average Bonchev–Trinajstić information content (AvgIpc) is 3.34. The molecule has 6 nitrogen and oxygen atoms in total. The van der Waals surface area contributed by atoms with E-state index in [-0.39, 0.29) is 0 Å². The number of ether oxygens (including phenoxy) is 1. The van der Waals surface area contributed by atoms with Gasteiger partial charge in [-0.05, 0) is 31.0 Å². The Morgan fingerprint density at radius 3 is 2.89 bits per heavy atom. The molecule has 2 N–H and O–H groups in total. The second-order valence-corrected chi connectivity index (χ2v) is 9.54. The molecule has 2 heterocycles. The average molecular weight is 480 g/mol. The van der Waals surface area contributed by atoms with Crippen molar-refractivity contribution in [2.45, 2.75) is 48.9 Å². The number of nitrogens with two attached hydrogens (primary N) is 1. The molecular weight excluding hydrogens is 458 g/mol. The SMILES string of the molecule is COc1ccc(Br)cc1-c1nc(CSc2nnc(C3CCCCC3)n2N)cs1. The van der Waals surface area contributed by atoms with Gasteiger partial charge in [-0.3, -0.25) is 0 Å². The number of nitrogens with zero attached hydrogens (tertiary/aromatic N) is 4. The number of methoxy groups -OCH3 is 1. The minimum Gasteiger partial charge on any atom is -0.496 e. The highest BCUT2D eigenvalue weighted by molar-refractivity contribution is 9.10. The van der Waals surface area contributed by atoms with Crippen molar-refractivity contribution in [1.82, 2.24) is 19.9 Å². The smallest absolute Gasteiger partial charge is 0.210 e. The normalized spacial score (nSPS) is 15.1. The maximum absolute atomic E-state index is 6.28. The fraction of sp³-hybridized carbons (Fsp3) is 0.421. The minimum absolute atomic E-state index is 0.440. The van der Waals surface area contributed by atoms with E-state index < -0.39 is 0 Å². The molecule has 1 aromatic carbocycles. The first kappa shape index (κ1) is 19.7. The number of hydrogen-bond donors (Lipinski definition) is 1. The van der Waals surface area contributed by atoms with Crippen molar-refractivity contribution in [3.63, 3.8) is 0 Å². The molecule has 28 heavy (non-hydrogen) atoms. The van der Waals surface area contributed by atoms with Crippen LogP contribution in [0.25, 0.3) is 10.6 Å². The number of hydrogen-bond acceptors (Lipinski definition) is 7. The van der Waals surface area contributed by atoms with Crippen molar-refractivity contribution < 1.29 is 4.74 Å². The van der Waals surface area contributed by atoms with Crippen LogP contribution in [0.5, 0.6) is 5.75 Å². The minimum atomic E-state index is 0.440. The standard InChI is InChI=1S/C19H22BrN5OS2/c1-26-16-8-7-13(20)9-15(16)18-22-14(10-27-18)11-28-19-24-23-17(25(19)21)12-5-3-2-4-6-12/h7-10,12H,2-6,11,21H2,1H3. The first-order chi connectivity index (χ1) is 13.7. The van der Waals surface area contributed by atoms with Crippen molar-refractivity contribution in [2.75, 3.05) is 13.0 Å². The lowest BCUT2D eigenvalue weighted by molar-refractivity contribution is 0.416. The summed E-state index contributed by atoms with van der Waals surface area (Å²) < 4.78 is 8.14. The number of rotatable bonds is 6. The van der Waals surface area contributed by atoms with Gasteiger partial charge in [0.25, 0.3) is 0 Å². The van der Waals surface area contributed by atoms with E-state index in [1.54, 1.807) is 34.9 Å². The van der Waals surface area contributed by atoms with Gasteiger partial charge in [0, 0.05) is 21.5 Å². The molecular formula is C19H22BrN5OS2. The summed E-state index contributed by atoms with van der Waals surface area (Å²) in [5.41, 5.74) is 1.98. The van der Waals surface area contributed by atoms with Gasteiger partial charge in [0.1, 0.15) is 10.8 Å². The molecule has 1 saturated carbocycles. The van der Waals surface area contributed by atoms with Crippen molar-refractivity contribution in [3.8, 4) is 16.3 Å². The van der Waals surface area contributed by atoms with Gasteiger partial charge in [-0.2, -0.15) is 0 Å². The summed E-state index contributed by atoms with van der Waals surface area (Å²) in [5.74, 6) is 9.15. The van der Waals surface area contributed by atoms with E-state index in [9.17, 15) is 0 Å². The second-order valence-electron chi connectivity index (χ2n) is 6.82. The molecule has 4 rings (SSSR count). The molecule has 0 amide bonds. The van der Waals surface area contributed by atoms with E-state index in [1.165, 1.54) is 19.3 Å². The van der Waals surface area contributed by atoms with Crippen LogP contribution < -0.4 is 10.6 Å². The van der Waals surface area contributed by atoms with Gasteiger partial charge in [0.05, 0.1) is 18.4 Å². The molecule has 0 bridgehead atoms. The lowest BCUT2D eigenvalue weighted by Crippen LogP contribution is -2.18. The third-order valence-corrected chi connectivity index (χ3v) is 7.35. The first-order valence-corrected chi connectivity index (χ1v) is 11.9. The second kappa shape index (κ2) is 8.84. The van der Waals surface area contributed by atoms with Crippen LogP contribution in [0.15, 0.2) is 33.2 Å². The lowest BCUT2D eigenvalue weighted by atomic mass is 9.89. The summed E-state index contributed by atoms with van der Waals surface area (Å²) in [6.45, 7) is 0. The topological polar surface area (TPSA) is 78.9 Å². The number of aromatic nitrogens is 4. The Morgan fingerprint density at radius 1 is 1.29 bits per heavy atom. The zero-order chi connectivity index (χ0) is 19.5. The van der Waals surface area contributed by atoms with Gasteiger partial charge in [0.15, 0.2) is 5.82 Å².